The van der Waals surface area contributed by atoms with Crippen LogP contribution >= 0.6 is 0 Å². The van der Waals surface area contributed by atoms with Crippen molar-refractivity contribution in [2.45, 2.75) is 205 Å². The highest BCUT2D eigenvalue weighted by atomic mass is 16.3. The number of carbonyl (C=O) groups excluding carboxylic acids is 1. The second-order valence-electron chi connectivity index (χ2n) is 13.1. The minimum atomic E-state index is -1.10. The Balaban J connectivity index is 3.80. The number of aliphatic hydroxyl groups excluding tert-OH is 3. The molecule has 5 heteroatoms. The topological polar surface area (TPSA) is 89.8 Å². The molecule has 0 heterocycles. The molecule has 0 aliphatic heterocycles. The highest BCUT2D eigenvalue weighted by Crippen LogP contribution is 2.14. The summed E-state index contributed by atoms with van der Waals surface area (Å²) >= 11 is 0. The number of nitrogens with one attached hydrogen (secondary N) is 1. The average Bonchev–Trinajstić information content (AvgIpc) is 3.04. The molecular weight excluding hydrogens is 558 g/mol. The van der Waals surface area contributed by atoms with Gasteiger partial charge in [-0.2, -0.15) is 0 Å². The number of unbranched alkanes of at least 4 members (excludes halogenated alkanes) is 22. The molecule has 0 aromatic heterocycles. The Morgan fingerprint density at radius 3 is 1.36 bits per heavy atom. The van der Waals surface area contributed by atoms with Gasteiger partial charge in [-0.05, 0) is 44.9 Å². The summed E-state index contributed by atoms with van der Waals surface area (Å²) in [4.78, 5) is 12.4. The lowest BCUT2D eigenvalue weighted by molar-refractivity contribution is -0.131. The Morgan fingerprint density at radius 2 is 0.911 bits per heavy atom. The smallest absolute Gasteiger partial charge is 0.249 e. The molecule has 0 spiro atoms. The molecular formula is C40H75NO4. The average molecular weight is 634 g/mol. The lowest BCUT2D eigenvalue weighted by Gasteiger charge is -2.21. The van der Waals surface area contributed by atoms with Crippen molar-refractivity contribution in [3.05, 3.63) is 36.5 Å². The van der Waals surface area contributed by atoms with Gasteiger partial charge < -0.3 is 20.6 Å². The Bertz CT molecular complexity index is 704. The summed E-state index contributed by atoms with van der Waals surface area (Å²) in [5.41, 5.74) is 0. The molecule has 0 fully saturated rings. The van der Waals surface area contributed by atoms with Crippen molar-refractivity contribution in [1.29, 1.82) is 0 Å². The van der Waals surface area contributed by atoms with Crippen molar-refractivity contribution in [2.24, 2.45) is 0 Å². The van der Waals surface area contributed by atoms with Crippen molar-refractivity contribution in [3.8, 4) is 0 Å². The van der Waals surface area contributed by atoms with Gasteiger partial charge in [0, 0.05) is 0 Å². The van der Waals surface area contributed by atoms with Gasteiger partial charge >= 0.3 is 0 Å². The lowest BCUT2D eigenvalue weighted by Crippen LogP contribution is -2.48. The molecule has 1 amide bonds. The van der Waals surface area contributed by atoms with E-state index in [1.165, 1.54) is 122 Å². The second-order valence-corrected chi connectivity index (χ2v) is 13.1. The van der Waals surface area contributed by atoms with Crippen LogP contribution in [0, 0.1) is 0 Å². The number of carbonyl (C=O) groups is 1. The first kappa shape index (κ1) is 43.6. The molecule has 4 N–H and O–H groups in total. The van der Waals surface area contributed by atoms with Crippen LogP contribution in [0.4, 0.5) is 0 Å². The van der Waals surface area contributed by atoms with E-state index in [2.05, 4.69) is 43.5 Å². The highest BCUT2D eigenvalue weighted by molar-refractivity contribution is 5.80. The van der Waals surface area contributed by atoms with Crippen LogP contribution in [0.15, 0.2) is 36.5 Å². The number of rotatable bonds is 34. The summed E-state index contributed by atoms with van der Waals surface area (Å²) in [5.74, 6) is -0.519. The number of hydrogen-bond acceptors (Lipinski definition) is 4. The standard InChI is InChI=1S/C40H75NO4/c1-3-5-7-9-11-13-15-16-17-18-19-20-21-22-23-25-26-28-30-32-34-38(43)37(36-42)41-40(45)39(44)35-33-31-29-27-24-14-12-10-8-6-4-2/h20-21,25-26,32,34,37-39,42-44H,3-19,22-24,27-31,33,35-36H2,1-2H3,(H,41,45)/b21-20+,26-25+,34-32+. The molecule has 0 rings (SSSR count). The van der Waals surface area contributed by atoms with Crippen LogP contribution in [-0.4, -0.2) is 46.1 Å². The zero-order valence-corrected chi connectivity index (χ0v) is 29.7. The van der Waals surface area contributed by atoms with Gasteiger partial charge in [0.25, 0.3) is 0 Å². The maximum absolute atomic E-state index is 12.4. The summed E-state index contributed by atoms with van der Waals surface area (Å²) in [7, 11) is 0. The summed E-state index contributed by atoms with van der Waals surface area (Å²) in [6.07, 6.45) is 43.1. The van der Waals surface area contributed by atoms with E-state index in [1.54, 1.807) is 6.08 Å². The van der Waals surface area contributed by atoms with Gasteiger partial charge in [0.1, 0.15) is 6.10 Å². The zero-order valence-electron chi connectivity index (χ0n) is 29.7. The third-order valence-electron chi connectivity index (χ3n) is 8.71. The molecule has 0 radical (unpaired) electrons. The molecule has 5 nitrogen and oxygen atoms in total. The molecule has 0 bridgehead atoms. The van der Waals surface area contributed by atoms with E-state index < -0.39 is 24.2 Å². The fourth-order valence-electron chi connectivity index (χ4n) is 5.63. The Labute approximate surface area is 279 Å². The summed E-state index contributed by atoms with van der Waals surface area (Å²) < 4.78 is 0. The third kappa shape index (κ3) is 31.0. The highest BCUT2D eigenvalue weighted by Gasteiger charge is 2.22. The fraction of sp³-hybridized carbons (Fsp3) is 0.825. The van der Waals surface area contributed by atoms with Crippen LogP contribution < -0.4 is 5.32 Å². The van der Waals surface area contributed by atoms with E-state index in [0.29, 0.717) is 6.42 Å². The third-order valence-corrected chi connectivity index (χ3v) is 8.71. The maximum Gasteiger partial charge on any atom is 0.249 e. The van der Waals surface area contributed by atoms with Crippen LogP contribution in [0.25, 0.3) is 0 Å². The van der Waals surface area contributed by atoms with Crippen molar-refractivity contribution >= 4 is 5.91 Å². The van der Waals surface area contributed by atoms with Gasteiger partial charge in [0.2, 0.25) is 5.91 Å². The SMILES string of the molecule is CCCCCCCCCCCC/C=C/CC/C=C/CC/C=C/C(O)C(CO)NC(=O)C(O)CCCCCCCCCCCCC. The summed E-state index contributed by atoms with van der Waals surface area (Å²) in [5, 5.41) is 32.9. The van der Waals surface area contributed by atoms with E-state index in [9.17, 15) is 20.1 Å². The molecule has 0 saturated carbocycles. The predicted octanol–water partition coefficient (Wildman–Crippen LogP) is 10.4. The van der Waals surface area contributed by atoms with Crippen molar-refractivity contribution in [3.63, 3.8) is 0 Å². The van der Waals surface area contributed by atoms with Gasteiger partial charge in [-0.25, -0.2) is 0 Å². The molecule has 3 unspecified atom stereocenters. The van der Waals surface area contributed by atoms with E-state index >= 15 is 0 Å². The summed E-state index contributed by atoms with van der Waals surface area (Å²) in [6.45, 7) is 4.14. The van der Waals surface area contributed by atoms with Gasteiger partial charge in [0.05, 0.1) is 18.8 Å². The maximum atomic E-state index is 12.4. The lowest BCUT2D eigenvalue weighted by atomic mass is 10.0. The molecule has 0 aliphatic rings. The van der Waals surface area contributed by atoms with Crippen molar-refractivity contribution in [2.75, 3.05) is 6.61 Å². The predicted molar refractivity (Wildman–Crippen MR) is 194 cm³/mol. The molecule has 45 heavy (non-hydrogen) atoms. The Hall–Kier alpha value is -1.43. The van der Waals surface area contributed by atoms with E-state index in [-0.39, 0.29) is 6.61 Å². The first-order chi connectivity index (χ1) is 22.1. The molecule has 264 valence electrons. The van der Waals surface area contributed by atoms with Crippen LogP contribution in [0.1, 0.15) is 187 Å². The van der Waals surface area contributed by atoms with Gasteiger partial charge in [-0.1, -0.05) is 179 Å². The van der Waals surface area contributed by atoms with Crippen LogP contribution in [0.5, 0.6) is 0 Å². The zero-order chi connectivity index (χ0) is 33.1. The summed E-state index contributed by atoms with van der Waals surface area (Å²) in [6, 6.07) is -0.816. The van der Waals surface area contributed by atoms with Crippen LogP contribution in [-0.2, 0) is 4.79 Å². The largest absolute Gasteiger partial charge is 0.394 e. The molecule has 0 aromatic carbocycles. The minimum Gasteiger partial charge on any atom is -0.394 e. The van der Waals surface area contributed by atoms with E-state index in [4.69, 9.17) is 0 Å². The molecule has 3 atom stereocenters. The Kier molecular flexibility index (Phi) is 34.3. The minimum absolute atomic E-state index is 0.380. The number of aliphatic hydroxyl groups is 3. The first-order valence-corrected chi connectivity index (χ1v) is 19.3. The second kappa shape index (κ2) is 35.4. The van der Waals surface area contributed by atoms with Crippen LogP contribution in [0.2, 0.25) is 0 Å². The van der Waals surface area contributed by atoms with E-state index in [0.717, 1.165) is 44.9 Å². The van der Waals surface area contributed by atoms with E-state index in [1.807, 2.05) is 6.08 Å². The van der Waals surface area contributed by atoms with Crippen molar-refractivity contribution < 1.29 is 20.1 Å². The Morgan fingerprint density at radius 1 is 0.533 bits per heavy atom. The molecule has 0 saturated heterocycles. The number of amides is 1. The number of allylic oxidation sites excluding steroid dienone is 5. The normalized spacial score (nSPS) is 14.2. The molecule has 0 aliphatic carbocycles. The van der Waals surface area contributed by atoms with Gasteiger partial charge in [-0.15, -0.1) is 0 Å². The quantitative estimate of drug-likeness (QED) is 0.0419. The van der Waals surface area contributed by atoms with Crippen LogP contribution in [0.3, 0.4) is 0 Å². The van der Waals surface area contributed by atoms with Crippen molar-refractivity contribution in [1.82, 2.24) is 5.32 Å². The first-order valence-electron chi connectivity index (χ1n) is 19.3. The number of hydrogen-bond donors (Lipinski definition) is 4. The molecule has 0 aromatic rings. The fourth-order valence-corrected chi connectivity index (χ4v) is 5.63. The monoisotopic (exact) mass is 634 g/mol. The van der Waals surface area contributed by atoms with Gasteiger partial charge in [-0.3, -0.25) is 4.79 Å². The van der Waals surface area contributed by atoms with Gasteiger partial charge in [0.15, 0.2) is 0 Å².